The molecule has 1 aliphatic heterocycles. The normalized spacial score (nSPS) is 19.4. The Bertz CT molecular complexity index is 606. The number of nitrogens with zero attached hydrogens (tertiary/aromatic N) is 2. The molecule has 0 aromatic heterocycles. The van der Waals surface area contributed by atoms with E-state index >= 15 is 0 Å². The summed E-state index contributed by atoms with van der Waals surface area (Å²) in [6.07, 6.45) is 2.66. The van der Waals surface area contributed by atoms with E-state index in [0.29, 0.717) is 12.6 Å². The monoisotopic (exact) mass is 376 g/mol. The Morgan fingerprint density at radius 1 is 1.26 bits per heavy atom. The van der Waals surface area contributed by atoms with Gasteiger partial charge >= 0.3 is 0 Å². The molecule has 0 radical (unpaired) electrons. The quantitative estimate of drug-likeness (QED) is 0.540. The lowest BCUT2D eigenvalue weighted by Crippen LogP contribution is -2.48. The molecule has 1 saturated heterocycles. The van der Waals surface area contributed by atoms with Crippen molar-refractivity contribution in [1.82, 2.24) is 15.5 Å². The van der Waals surface area contributed by atoms with Crippen LogP contribution in [0.2, 0.25) is 0 Å². The van der Waals surface area contributed by atoms with Crippen molar-refractivity contribution in [1.29, 1.82) is 0 Å². The van der Waals surface area contributed by atoms with E-state index in [4.69, 9.17) is 14.5 Å². The predicted molar refractivity (Wildman–Crippen MR) is 112 cm³/mol. The molecule has 1 aliphatic rings. The minimum absolute atomic E-state index is 0.498. The first kappa shape index (κ1) is 21.4. The van der Waals surface area contributed by atoms with Crippen molar-refractivity contribution < 1.29 is 9.47 Å². The molecular weight excluding hydrogens is 340 g/mol. The van der Waals surface area contributed by atoms with Gasteiger partial charge in [0.25, 0.3) is 0 Å². The summed E-state index contributed by atoms with van der Waals surface area (Å²) in [6, 6.07) is 6.41. The number of hydrogen-bond donors (Lipinski definition) is 2. The van der Waals surface area contributed by atoms with E-state index in [9.17, 15) is 0 Å². The van der Waals surface area contributed by atoms with Gasteiger partial charge in [0.1, 0.15) is 0 Å². The summed E-state index contributed by atoms with van der Waals surface area (Å²) in [4.78, 5) is 7.31. The van der Waals surface area contributed by atoms with E-state index < -0.39 is 0 Å². The van der Waals surface area contributed by atoms with Gasteiger partial charge in [-0.1, -0.05) is 13.0 Å². The van der Waals surface area contributed by atoms with Crippen molar-refractivity contribution in [3.05, 3.63) is 23.8 Å². The van der Waals surface area contributed by atoms with E-state index in [1.165, 1.54) is 25.9 Å². The molecule has 6 nitrogen and oxygen atoms in total. The van der Waals surface area contributed by atoms with E-state index in [1.807, 2.05) is 18.2 Å². The fraction of sp³-hybridized carbons (Fsp3) is 0.667. The molecule has 0 bridgehead atoms. The first-order valence-corrected chi connectivity index (χ1v) is 10.0. The van der Waals surface area contributed by atoms with Crippen LogP contribution in [0.15, 0.2) is 23.2 Å². The van der Waals surface area contributed by atoms with Crippen molar-refractivity contribution in [3.63, 3.8) is 0 Å². The summed E-state index contributed by atoms with van der Waals surface area (Å²) < 4.78 is 10.7. The molecule has 0 spiro atoms. The second-order valence-corrected chi connectivity index (χ2v) is 7.36. The van der Waals surface area contributed by atoms with Gasteiger partial charge < -0.3 is 20.1 Å². The minimum Gasteiger partial charge on any atom is -0.493 e. The molecule has 152 valence electrons. The molecule has 1 heterocycles. The maximum absolute atomic E-state index is 5.38. The summed E-state index contributed by atoms with van der Waals surface area (Å²) in [7, 11) is 3.30. The van der Waals surface area contributed by atoms with E-state index in [2.05, 4.69) is 36.3 Å². The van der Waals surface area contributed by atoms with E-state index in [-0.39, 0.29) is 0 Å². The lowest BCUT2D eigenvalue weighted by atomic mass is 9.99. The lowest BCUT2D eigenvalue weighted by molar-refractivity contribution is 0.139. The Balaban J connectivity index is 1.93. The van der Waals surface area contributed by atoms with Crippen LogP contribution in [0.25, 0.3) is 0 Å². The van der Waals surface area contributed by atoms with Gasteiger partial charge in [-0.3, -0.25) is 4.90 Å². The predicted octanol–water partition coefficient (Wildman–Crippen LogP) is 2.88. The minimum atomic E-state index is 0.498. The highest BCUT2D eigenvalue weighted by molar-refractivity contribution is 5.79. The third-order valence-corrected chi connectivity index (χ3v) is 5.09. The number of ether oxygens (including phenoxy) is 2. The van der Waals surface area contributed by atoms with Crippen molar-refractivity contribution in [2.45, 2.75) is 46.2 Å². The summed E-state index contributed by atoms with van der Waals surface area (Å²) in [5, 5.41) is 6.83. The van der Waals surface area contributed by atoms with Gasteiger partial charge in [-0.25, -0.2) is 4.99 Å². The van der Waals surface area contributed by atoms with Gasteiger partial charge in [-0.2, -0.15) is 0 Å². The van der Waals surface area contributed by atoms with Crippen molar-refractivity contribution in [2.75, 3.05) is 40.4 Å². The molecule has 0 saturated carbocycles. The fourth-order valence-corrected chi connectivity index (χ4v) is 3.49. The number of aliphatic imine (C=N–C) groups is 1. The maximum Gasteiger partial charge on any atom is 0.191 e. The Hall–Kier alpha value is -1.95. The molecular formula is C21H36N4O2. The van der Waals surface area contributed by atoms with Crippen LogP contribution in [0.4, 0.5) is 0 Å². The van der Waals surface area contributed by atoms with Gasteiger partial charge in [0, 0.05) is 25.7 Å². The van der Waals surface area contributed by atoms with Crippen molar-refractivity contribution >= 4 is 5.96 Å². The Morgan fingerprint density at radius 2 is 2.04 bits per heavy atom. The Morgan fingerprint density at radius 3 is 2.70 bits per heavy atom. The summed E-state index contributed by atoms with van der Waals surface area (Å²) in [5.41, 5.74) is 1.09. The molecule has 2 N–H and O–H groups in total. The highest BCUT2D eigenvalue weighted by Crippen LogP contribution is 2.27. The van der Waals surface area contributed by atoms with Crippen LogP contribution in [0, 0.1) is 5.92 Å². The second kappa shape index (κ2) is 11.0. The zero-order chi connectivity index (χ0) is 19.6. The van der Waals surface area contributed by atoms with Crippen LogP contribution < -0.4 is 20.1 Å². The van der Waals surface area contributed by atoms with Crippen LogP contribution in [0.3, 0.4) is 0 Å². The second-order valence-electron chi connectivity index (χ2n) is 7.36. The number of guanidine groups is 1. The molecule has 2 unspecified atom stereocenters. The van der Waals surface area contributed by atoms with Gasteiger partial charge in [-0.05, 0) is 56.8 Å². The van der Waals surface area contributed by atoms with E-state index in [0.717, 1.165) is 42.0 Å². The van der Waals surface area contributed by atoms with E-state index in [1.54, 1.807) is 14.2 Å². The van der Waals surface area contributed by atoms with Gasteiger partial charge in [0.05, 0.1) is 20.8 Å². The number of benzene rings is 1. The molecule has 2 atom stereocenters. The third kappa shape index (κ3) is 6.61. The van der Waals surface area contributed by atoms with Crippen LogP contribution in [0.5, 0.6) is 11.5 Å². The van der Waals surface area contributed by atoms with Crippen LogP contribution >= 0.6 is 0 Å². The van der Waals surface area contributed by atoms with Gasteiger partial charge in [-0.15, -0.1) is 0 Å². The Labute approximate surface area is 164 Å². The largest absolute Gasteiger partial charge is 0.493 e. The van der Waals surface area contributed by atoms with Gasteiger partial charge in [0.15, 0.2) is 17.5 Å². The zero-order valence-corrected chi connectivity index (χ0v) is 17.5. The molecule has 6 heteroatoms. The molecule has 0 aliphatic carbocycles. The molecule has 2 rings (SSSR count). The number of nitrogens with one attached hydrogen (secondary N) is 2. The van der Waals surface area contributed by atoms with Crippen molar-refractivity contribution in [3.8, 4) is 11.5 Å². The average Bonchev–Trinajstić information content (AvgIpc) is 2.69. The highest BCUT2D eigenvalue weighted by Gasteiger charge is 2.20. The van der Waals surface area contributed by atoms with Crippen LogP contribution in [-0.4, -0.2) is 57.3 Å². The summed E-state index contributed by atoms with van der Waals surface area (Å²) >= 11 is 0. The molecule has 27 heavy (non-hydrogen) atoms. The maximum atomic E-state index is 5.38. The molecule has 1 aromatic carbocycles. The zero-order valence-electron chi connectivity index (χ0n) is 17.5. The van der Waals surface area contributed by atoms with Gasteiger partial charge in [0.2, 0.25) is 0 Å². The number of piperidine rings is 1. The SMILES string of the molecule is CCNC(=NCc1ccc(OC)c(OC)c1)NCC(C)N1CCCC(C)C1. The first-order valence-electron chi connectivity index (χ1n) is 10.0. The number of methoxy groups -OCH3 is 2. The number of likely N-dealkylation sites (tertiary alicyclic amines) is 1. The van der Waals surface area contributed by atoms with Crippen LogP contribution in [-0.2, 0) is 6.54 Å². The molecule has 1 fully saturated rings. The van der Waals surface area contributed by atoms with Crippen LogP contribution in [0.1, 0.15) is 39.2 Å². The lowest BCUT2D eigenvalue weighted by Gasteiger charge is -2.35. The average molecular weight is 377 g/mol. The molecule has 0 amide bonds. The smallest absolute Gasteiger partial charge is 0.191 e. The topological polar surface area (TPSA) is 58.1 Å². The summed E-state index contributed by atoms with van der Waals surface area (Å²) in [6.45, 7) is 11.4. The Kier molecular flexibility index (Phi) is 8.72. The summed E-state index contributed by atoms with van der Waals surface area (Å²) in [5.74, 6) is 3.12. The number of rotatable bonds is 8. The highest BCUT2D eigenvalue weighted by atomic mass is 16.5. The fourth-order valence-electron chi connectivity index (χ4n) is 3.49. The molecule has 1 aromatic rings. The third-order valence-electron chi connectivity index (χ3n) is 5.09. The van der Waals surface area contributed by atoms with Crippen molar-refractivity contribution in [2.24, 2.45) is 10.9 Å². The number of hydrogen-bond acceptors (Lipinski definition) is 4. The standard InChI is InChI=1S/C21H36N4O2/c1-6-22-21(23-13-17(3)25-11-7-8-16(2)15-25)24-14-18-9-10-19(26-4)20(12-18)27-5/h9-10,12,16-17H,6-8,11,13-15H2,1-5H3,(H2,22,23,24). The first-order chi connectivity index (χ1) is 13.1.